The summed E-state index contributed by atoms with van der Waals surface area (Å²) < 4.78 is 0. The molecular weight excluding hydrogens is 284 g/mol. The number of aromatic nitrogens is 1. The van der Waals surface area contributed by atoms with E-state index in [2.05, 4.69) is 23.5 Å². The molecule has 1 heterocycles. The van der Waals surface area contributed by atoms with Crippen molar-refractivity contribution in [2.24, 2.45) is 0 Å². The lowest BCUT2D eigenvalue weighted by molar-refractivity contribution is 0.0955. The molecule has 0 unspecified atom stereocenters. The minimum absolute atomic E-state index is 0.0347. The van der Waals surface area contributed by atoms with Crippen LogP contribution in [0.2, 0.25) is 0 Å². The predicted octanol–water partition coefficient (Wildman–Crippen LogP) is 4.35. The summed E-state index contributed by atoms with van der Waals surface area (Å²) in [5, 5.41) is 3.85. The number of para-hydroxylation sites is 1. The van der Waals surface area contributed by atoms with Crippen molar-refractivity contribution in [2.75, 3.05) is 6.54 Å². The standard InChI is InChI=1S/C20H20N2O/c1-3-12-21-20(23)18-13-14(2)22-19-16(10-7-11-17(18)19)15-8-5-4-6-9-15/h4-11,13H,3,12H2,1-2H3,(H,21,23). The normalized spacial score (nSPS) is 10.7. The molecule has 0 saturated heterocycles. The molecule has 0 fully saturated rings. The Hall–Kier alpha value is -2.68. The van der Waals surface area contributed by atoms with Crippen LogP contribution in [0.4, 0.5) is 0 Å². The highest BCUT2D eigenvalue weighted by Crippen LogP contribution is 2.29. The van der Waals surface area contributed by atoms with E-state index in [1.165, 1.54) is 0 Å². The fourth-order valence-electron chi connectivity index (χ4n) is 2.75. The first-order valence-electron chi connectivity index (χ1n) is 7.94. The van der Waals surface area contributed by atoms with Gasteiger partial charge in [-0.1, -0.05) is 55.5 Å². The average molecular weight is 304 g/mol. The van der Waals surface area contributed by atoms with Gasteiger partial charge in [0.1, 0.15) is 0 Å². The van der Waals surface area contributed by atoms with Crippen molar-refractivity contribution >= 4 is 16.8 Å². The molecule has 3 rings (SSSR count). The molecule has 0 radical (unpaired) electrons. The number of hydrogen-bond donors (Lipinski definition) is 1. The molecular formula is C20H20N2O. The highest BCUT2D eigenvalue weighted by Gasteiger charge is 2.14. The van der Waals surface area contributed by atoms with Crippen molar-refractivity contribution in [3.63, 3.8) is 0 Å². The first-order valence-corrected chi connectivity index (χ1v) is 7.94. The van der Waals surface area contributed by atoms with Gasteiger partial charge >= 0.3 is 0 Å². The van der Waals surface area contributed by atoms with E-state index in [1.807, 2.05) is 50.2 Å². The summed E-state index contributed by atoms with van der Waals surface area (Å²) in [4.78, 5) is 17.2. The highest BCUT2D eigenvalue weighted by atomic mass is 16.1. The Morgan fingerprint density at radius 3 is 2.61 bits per heavy atom. The first kappa shape index (κ1) is 15.2. The number of pyridine rings is 1. The maximum absolute atomic E-state index is 12.5. The third-order valence-electron chi connectivity index (χ3n) is 3.83. The molecule has 3 nitrogen and oxygen atoms in total. The summed E-state index contributed by atoms with van der Waals surface area (Å²) in [6.07, 6.45) is 0.920. The van der Waals surface area contributed by atoms with Crippen LogP contribution in [-0.4, -0.2) is 17.4 Å². The lowest BCUT2D eigenvalue weighted by atomic mass is 9.98. The quantitative estimate of drug-likeness (QED) is 0.778. The molecule has 116 valence electrons. The van der Waals surface area contributed by atoms with Gasteiger partial charge in [-0.05, 0) is 25.0 Å². The Balaban J connectivity index is 2.19. The summed E-state index contributed by atoms with van der Waals surface area (Å²) in [7, 11) is 0. The number of aryl methyl sites for hydroxylation is 1. The molecule has 0 spiro atoms. The minimum Gasteiger partial charge on any atom is -0.352 e. The van der Waals surface area contributed by atoms with Gasteiger partial charge in [0.15, 0.2) is 0 Å². The molecule has 3 heteroatoms. The fraction of sp³-hybridized carbons (Fsp3) is 0.200. The molecule has 0 bridgehead atoms. The van der Waals surface area contributed by atoms with Crippen LogP contribution in [0.1, 0.15) is 29.4 Å². The summed E-state index contributed by atoms with van der Waals surface area (Å²) in [5.41, 5.74) is 4.58. The second-order valence-electron chi connectivity index (χ2n) is 5.63. The predicted molar refractivity (Wildman–Crippen MR) is 94.5 cm³/mol. The SMILES string of the molecule is CCCNC(=O)c1cc(C)nc2c(-c3ccccc3)cccc12. The summed E-state index contributed by atoms with van der Waals surface area (Å²) in [5.74, 6) is -0.0347. The fourth-order valence-corrected chi connectivity index (χ4v) is 2.75. The number of rotatable bonds is 4. The number of hydrogen-bond acceptors (Lipinski definition) is 2. The van der Waals surface area contributed by atoms with Crippen LogP contribution in [0.15, 0.2) is 54.6 Å². The second-order valence-corrected chi connectivity index (χ2v) is 5.63. The van der Waals surface area contributed by atoms with Crippen molar-refractivity contribution in [1.29, 1.82) is 0 Å². The number of nitrogens with one attached hydrogen (secondary N) is 1. The van der Waals surface area contributed by atoms with Crippen molar-refractivity contribution in [3.05, 3.63) is 65.9 Å². The van der Waals surface area contributed by atoms with Crippen molar-refractivity contribution in [3.8, 4) is 11.1 Å². The maximum Gasteiger partial charge on any atom is 0.252 e. The maximum atomic E-state index is 12.5. The largest absolute Gasteiger partial charge is 0.352 e. The third kappa shape index (κ3) is 3.09. The molecule has 0 aliphatic rings. The molecule has 1 amide bonds. The molecule has 0 atom stereocenters. The van der Waals surface area contributed by atoms with Gasteiger partial charge in [-0.2, -0.15) is 0 Å². The van der Waals surface area contributed by atoms with E-state index in [-0.39, 0.29) is 5.91 Å². The molecule has 0 saturated carbocycles. The van der Waals surface area contributed by atoms with Gasteiger partial charge in [-0.15, -0.1) is 0 Å². The van der Waals surface area contributed by atoms with E-state index in [1.54, 1.807) is 0 Å². The Morgan fingerprint density at radius 2 is 1.87 bits per heavy atom. The number of nitrogens with zero attached hydrogens (tertiary/aromatic N) is 1. The van der Waals surface area contributed by atoms with E-state index < -0.39 is 0 Å². The minimum atomic E-state index is -0.0347. The zero-order chi connectivity index (χ0) is 16.2. The van der Waals surface area contributed by atoms with Crippen LogP contribution in [0, 0.1) is 6.92 Å². The molecule has 1 N–H and O–H groups in total. The number of fused-ring (bicyclic) bond motifs is 1. The zero-order valence-electron chi connectivity index (χ0n) is 13.5. The van der Waals surface area contributed by atoms with Gasteiger partial charge in [0.2, 0.25) is 0 Å². The van der Waals surface area contributed by atoms with E-state index in [4.69, 9.17) is 4.98 Å². The van der Waals surface area contributed by atoms with Gasteiger partial charge in [0.05, 0.1) is 11.1 Å². The third-order valence-corrected chi connectivity index (χ3v) is 3.83. The van der Waals surface area contributed by atoms with Gasteiger partial charge in [-0.25, -0.2) is 0 Å². The monoisotopic (exact) mass is 304 g/mol. The Bertz CT molecular complexity index is 841. The number of benzene rings is 2. The van der Waals surface area contributed by atoms with Crippen LogP contribution in [-0.2, 0) is 0 Å². The lowest BCUT2D eigenvalue weighted by Gasteiger charge is -2.11. The van der Waals surface area contributed by atoms with Crippen LogP contribution in [0.25, 0.3) is 22.0 Å². The lowest BCUT2D eigenvalue weighted by Crippen LogP contribution is -2.24. The highest BCUT2D eigenvalue weighted by molar-refractivity contribution is 6.09. The van der Waals surface area contributed by atoms with E-state index in [0.717, 1.165) is 34.1 Å². The Kier molecular flexibility index (Phi) is 4.38. The number of carbonyl (C=O) groups is 1. The first-order chi connectivity index (χ1) is 11.2. The second kappa shape index (κ2) is 6.61. The Morgan fingerprint density at radius 1 is 1.09 bits per heavy atom. The number of carbonyl (C=O) groups excluding carboxylic acids is 1. The summed E-state index contributed by atoms with van der Waals surface area (Å²) in [6.45, 7) is 4.65. The topological polar surface area (TPSA) is 42.0 Å². The van der Waals surface area contributed by atoms with Crippen LogP contribution in [0.5, 0.6) is 0 Å². The van der Waals surface area contributed by atoms with Crippen molar-refractivity contribution < 1.29 is 4.79 Å². The van der Waals surface area contributed by atoms with Gasteiger partial charge in [0.25, 0.3) is 5.91 Å². The van der Waals surface area contributed by atoms with Crippen molar-refractivity contribution in [2.45, 2.75) is 20.3 Å². The number of amides is 1. The van der Waals surface area contributed by atoms with Gasteiger partial charge in [-0.3, -0.25) is 9.78 Å². The molecule has 1 aromatic heterocycles. The molecule has 3 aromatic rings. The molecule has 23 heavy (non-hydrogen) atoms. The molecule has 0 aliphatic heterocycles. The summed E-state index contributed by atoms with van der Waals surface area (Å²) in [6, 6.07) is 18.0. The van der Waals surface area contributed by atoms with E-state index in [9.17, 15) is 4.79 Å². The molecule has 2 aromatic carbocycles. The Labute approximate surface area is 136 Å². The smallest absolute Gasteiger partial charge is 0.252 e. The van der Waals surface area contributed by atoms with Crippen LogP contribution in [0.3, 0.4) is 0 Å². The van der Waals surface area contributed by atoms with Gasteiger partial charge < -0.3 is 5.32 Å². The average Bonchev–Trinajstić information content (AvgIpc) is 2.59. The van der Waals surface area contributed by atoms with Gasteiger partial charge in [0, 0.05) is 23.2 Å². The van der Waals surface area contributed by atoms with E-state index >= 15 is 0 Å². The van der Waals surface area contributed by atoms with Crippen molar-refractivity contribution in [1.82, 2.24) is 10.3 Å². The zero-order valence-corrected chi connectivity index (χ0v) is 13.5. The molecule has 0 aliphatic carbocycles. The van der Waals surface area contributed by atoms with Crippen LogP contribution >= 0.6 is 0 Å². The van der Waals surface area contributed by atoms with Crippen LogP contribution < -0.4 is 5.32 Å². The van der Waals surface area contributed by atoms with E-state index in [0.29, 0.717) is 12.1 Å². The summed E-state index contributed by atoms with van der Waals surface area (Å²) >= 11 is 0.